The minimum Gasteiger partial charge on any atom is -0.486 e. The number of rotatable bonds is 5. The minimum absolute atomic E-state index is 0.00191. The molecular formula is C21H28N2O6. The van der Waals surface area contributed by atoms with Crippen molar-refractivity contribution in [1.82, 2.24) is 10.2 Å². The van der Waals surface area contributed by atoms with Crippen molar-refractivity contribution in [2.75, 3.05) is 26.3 Å². The lowest BCUT2D eigenvalue weighted by Gasteiger charge is -2.32. The van der Waals surface area contributed by atoms with E-state index < -0.39 is 5.60 Å². The van der Waals surface area contributed by atoms with Crippen LogP contribution in [0.3, 0.4) is 0 Å². The summed E-state index contributed by atoms with van der Waals surface area (Å²) in [5.41, 5.74) is -0.0205. The van der Waals surface area contributed by atoms with E-state index in [0.717, 1.165) is 0 Å². The van der Waals surface area contributed by atoms with Crippen molar-refractivity contribution in [2.24, 2.45) is 0 Å². The van der Waals surface area contributed by atoms with Crippen LogP contribution in [0, 0.1) is 0 Å². The normalized spacial score (nSPS) is 18.4. The molecule has 0 aliphatic carbocycles. The first kappa shape index (κ1) is 21.0. The molecule has 3 rings (SSSR count). The van der Waals surface area contributed by atoms with Gasteiger partial charge in [0, 0.05) is 25.2 Å². The summed E-state index contributed by atoms with van der Waals surface area (Å²) in [4.78, 5) is 37.8. The van der Waals surface area contributed by atoms with Crippen molar-refractivity contribution in [2.45, 2.75) is 51.7 Å². The predicted octanol–water partition coefficient (Wildman–Crippen LogP) is 2.55. The van der Waals surface area contributed by atoms with Crippen LogP contribution < -0.4 is 14.8 Å². The first-order chi connectivity index (χ1) is 13.8. The minimum atomic E-state index is -0.557. The maximum Gasteiger partial charge on any atom is 0.409 e. The molecule has 158 valence electrons. The number of hydrogen-bond acceptors (Lipinski definition) is 6. The molecule has 2 aliphatic rings. The molecule has 2 heterocycles. The largest absolute Gasteiger partial charge is 0.486 e. The van der Waals surface area contributed by atoms with E-state index in [4.69, 9.17) is 14.2 Å². The fourth-order valence-corrected chi connectivity index (χ4v) is 3.56. The summed E-state index contributed by atoms with van der Waals surface area (Å²) in [6.45, 7) is 6.83. The highest BCUT2D eigenvalue weighted by Crippen LogP contribution is 2.35. The molecule has 8 heteroatoms. The average molecular weight is 404 g/mol. The summed E-state index contributed by atoms with van der Waals surface area (Å²) in [7, 11) is 0. The molecule has 29 heavy (non-hydrogen) atoms. The Hall–Kier alpha value is -2.77. The van der Waals surface area contributed by atoms with Crippen molar-refractivity contribution in [1.29, 1.82) is 0 Å². The number of carbonyl (C=O) groups excluding carboxylic acids is 3. The lowest BCUT2D eigenvalue weighted by atomic mass is 9.93. The summed E-state index contributed by atoms with van der Waals surface area (Å²) < 4.78 is 16.4. The summed E-state index contributed by atoms with van der Waals surface area (Å²) in [6.07, 6.45) is 1.37. The van der Waals surface area contributed by atoms with Gasteiger partial charge < -0.3 is 24.4 Å². The van der Waals surface area contributed by atoms with Crippen LogP contribution in [0.5, 0.6) is 11.5 Å². The van der Waals surface area contributed by atoms with Crippen LogP contribution in [0.25, 0.3) is 0 Å². The molecule has 1 saturated heterocycles. The quantitative estimate of drug-likeness (QED) is 0.811. The fourth-order valence-electron chi connectivity index (χ4n) is 3.56. The van der Waals surface area contributed by atoms with E-state index in [2.05, 4.69) is 5.32 Å². The Kier molecular flexibility index (Phi) is 6.30. The van der Waals surface area contributed by atoms with Gasteiger partial charge in [0.05, 0.1) is 18.6 Å². The molecule has 0 atom stereocenters. The van der Waals surface area contributed by atoms with Gasteiger partial charge in [-0.25, -0.2) is 4.79 Å². The highest BCUT2D eigenvalue weighted by Gasteiger charge is 2.32. The number of ketones is 1. The number of fused-ring (bicyclic) bond motifs is 1. The first-order valence-electron chi connectivity index (χ1n) is 9.97. The molecule has 0 saturated carbocycles. The van der Waals surface area contributed by atoms with E-state index in [9.17, 15) is 14.4 Å². The summed E-state index contributed by atoms with van der Waals surface area (Å²) in [6, 6.07) is 5.00. The van der Waals surface area contributed by atoms with Crippen molar-refractivity contribution >= 4 is 17.8 Å². The van der Waals surface area contributed by atoms with Gasteiger partial charge in [-0.15, -0.1) is 0 Å². The maximum absolute atomic E-state index is 12.2. The summed E-state index contributed by atoms with van der Waals surface area (Å²) >= 11 is 0. The van der Waals surface area contributed by atoms with Gasteiger partial charge in [0.15, 0.2) is 12.4 Å². The van der Waals surface area contributed by atoms with Gasteiger partial charge >= 0.3 is 6.09 Å². The number of amides is 2. The van der Waals surface area contributed by atoms with E-state index in [1.807, 2.05) is 13.8 Å². The molecule has 1 aromatic rings. The average Bonchev–Trinajstić information content (AvgIpc) is 2.66. The van der Waals surface area contributed by atoms with Crippen LogP contribution in [0.1, 0.15) is 50.4 Å². The van der Waals surface area contributed by atoms with Crippen LogP contribution in [0.15, 0.2) is 18.2 Å². The Balaban J connectivity index is 1.47. The topological polar surface area (TPSA) is 94.2 Å². The third-order valence-electron chi connectivity index (χ3n) is 4.98. The Bertz CT molecular complexity index is 783. The van der Waals surface area contributed by atoms with Crippen molar-refractivity contribution < 1.29 is 28.6 Å². The van der Waals surface area contributed by atoms with Gasteiger partial charge in [-0.05, 0) is 45.7 Å². The standard InChI is InChI=1S/C21H28N2O6/c1-4-27-20(26)23-9-7-14(8-10-23)22-19(25)13-28-15-5-6-16-17(24)12-21(2,3)29-18(16)11-15/h5-6,11,14H,4,7-10,12-13H2,1-3H3,(H,22,25). The van der Waals surface area contributed by atoms with E-state index in [0.29, 0.717) is 56.0 Å². The predicted molar refractivity (Wildman–Crippen MR) is 105 cm³/mol. The van der Waals surface area contributed by atoms with Crippen LogP contribution >= 0.6 is 0 Å². The van der Waals surface area contributed by atoms with Gasteiger partial charge in [-0.3, -0.25) is 9.59 Å². The molecule has 0 bridgehead atoms. The Morgan fingerprint density at radius 3 is 2.69 bits per heavy atom. The van der Waals surface area contributed by atoms with Crippen LogP contribution in [0.4, 0.5) is 4.79 Å². The molecular weight excluding hydrogens is 376 g/mol. The zero-order valence-corrected chi connectivity index (χ0v) is 17.2. The molecule has 1 aromatic carbocycles. The molecule has 0 spiro atoms. The lowest BCUT2D eigenvalue weighted by Crippen LogP contribution is -2.47. The smallest absolute Gasteiger partial charge is 0.409 e. The van der Waals surface area contributed by atoms with E-state index in [-0.39, 0.29) is 30.4 Å². The fraction of sp³-hybridized carbons (Fsp3) is 0.571. The van der Waals surface area contributed by atoms with Gasteiger partial charge in [-0.2, -0.15) is 0 Å². The third kappa shape index (κ3) is 5.40. The second kappa shape index (κ2) is 8.71. The number of hydrogen-bond donors (Lipinski definition) is 1. The van der Waals surface area contributed by atoms with E-state index in [1.54, 1.807) is 30.0 Å². The Morgan fingerprint density at radius 2 is 2.00 bits per heavy atom. The second-order valence-electron chi connectivity index (χ2n) is 7.94. The number of nitrogens with zero attached hydrogens (tertiary/aromatic N) is 1. The lowest BCUT2D eigenvalue weighted by molar-refractivity contribution is -0.124. The number of likely N-dealkylation sites (tertiary alicyclic amines) is 1. The number of ether oxygens (including phenoxy) is 3. The molecule has 2 aliphatic heterocycles. The van der Waals surface area contributed by atoms with Crippen LogP contribution in [0.2, 0.25) is 0 Å². The molecule has 0 radical (unpaired) electrons. The van der Waals surface area contributed by atoms with E-state index >= 15 is 0 Å². The number of Topliss-reactive ketones (excluding diaryl/α,β-unsaturated/α-hetero) is 1. The monoisotopic (exact) mass is 404 g/mol. The zero-order valence-electron chi connectivity index (χ0n) is 17.2. The van der Waals surface area contributed by atoms with Gasteiger partial charge in [0.1, 0.15) is 17.1 Å². The zero-order chi connectivity index (χ0) is 21.0. The van der Waals surface area contributed by atoms with Gasteiger partial charge in [0.25, 0.3) is 5.91 Å². The third-order valence-corrected chi connectivity index (χ3v) is 4.98. The highest BCUT2D eigenvalue weighted by atomic mass is 16.6. The van der Waals surface area contributed by atoms with E-state index in [1.165, 1.54) is 0 Å². The van der Waals surface area contributed by atoms with Gasteiger partial charge in [-0.1, -0.05) is 0 Å². The number of carbonyl (C=O) groups is 3. The molecule has 1 fully saturated rings. The van der Waals surface area contributed by atoms with Crippen LogP contribution in [-0.4, -0.2) is 60.6 Å². The number of nitrogens with one attached hydrogen (secondary N) is 1. The van der Waals surface area contributed by atoms with Crippen LogP contribution in [-0.2, 0) is 9.53 Å². The molecule has 2 amide bonds. The first-order valence-corrected chi connectivity index (χ1v) is 9.97. The molecule has 0 aromatic heterocycles. The summed E-state index contributed by atoms with van der Waals surface area (Å²) in [5.74, 6) is 0.765. The SMILES string of the molecule is CCOC(=O)N1CCC(NC(=O)COc2ccc3c(c2)OC(C)(C)CC3=O)CC1. The number of benzene rings is 1. The number of piperidine rings is 1. The molecule has 1 N–H and O–H groups in total. The molecule has 0 unspecified atom stereocenters. The molecule has 8 nitrogen and oxygen atoms in total. The second-order valence-corrected chi connectivity index (χ2v) is 7.94. The Labute approximate surface area is 170 Å². The van der Waals surface area contributed by atoms with Crippen molar-refractivity contribution in [3.8, 4) is 11.5 Å². The highest BCUT2D eigenvalue weighted by molar-refractivity contribution is 6.00. The van der Waals surface area contributed by atoms with Crippen molar-refractivity contribution in [3.63, 3.8) is 0 Å². The Morgan fingerprint density at radius 1 is 1.28 bits per heavy atom. The van der Waals surface area contributed by atoms with Crippen molar-refractivity contribution in [3.05, 3.63) is 23.8 Å². The van der Waals surface area contributed by atoms with Gasteiger partial charge in [0.2, 0.25) is 0 Å². The summed E-state index contributed by atoms with van der Waals surface area (Å²) in [5, 5.41) is 2.93. The maximum atomic E-state index is 12.2.